The Morgan fingerprint density at radius 1 is 1.23 bits per heavy atom. The van der Waals surface area contributed by atoms with Crippen molar-refractivity contribution in [3.05, 3.63) is 30.1 Å². The highest BCUT2D eigenvalue weighted by molar-refractivity contribution is 5.37. The van der Waals surface area contributed by atoms with E-state index in [1.165, 1.54) is 12.8 Å². The predicted molar refractivity (Wildman–Crippen MR) is 80.4 cm³/mol. The van der Waals surface area contributed by atoms with Crippen molar-refractivity contribution < 1.29 is 4.42 Å². The molecule has 2 aliphatic rings. The van der Waals surface area contributed by atoms with E-state index < -0.39 is 0 Å². The van der Waals surface area contributed by atoms with Crippen molar-refractivity contribution in [3.63, 3.8) is 0 Å². The summed E-state index contributed by atoms with van der Waals surface area (Å²) in [6.07, 6.45) is 6.37. The van der Waals surface area contributed by atoms with Crippen LogP contribution < -0.4 is 10.2 Å². The summed E-state index contributed by atoms with van der Waals surface area (Å²) in [6, 6.07) is 4.35. The maximum absolute atomic E-state index is 5.69. The molecule has 1 saturated carbocycles. The van der Waals surface area contributed by atoms with Gasteiger partial charge in [-0.3, -0.25) is 0 Å². The molecule has 1 atom stereocenters. The summed E-state index contributed by atoms with van der Waals surface area (Å²) in [5.41, 5.74) is 0. The highest BCUT2D eigenvalue weighted by Gasteiger charge is 2.29. The van der Waals surface area contributed by atoms with Crippen LogP contribution >= 0.6 is 0 Å². The zero-order valence-corrected chi connectivity index (χ0v) is 12.5. The van der Waals surface area contributed by atoms with Gasteiger partial charge in [-0.1, -0.05) is 0 Å². The standard InChI is InChI=1S/C15H20N6O/c1-4-13(18-17-7-1)21-8-2-3-12(10-21)16-9-14-19-20-15(22-14)11-5-6-11/h1,4,7,11-12,16H,2-3,5-6,8-10H2. The maximum atomic E-state index is 5.69. The van der Waals surface area contributed by atoms with Crippen molar-refractivity contribution in [1.29, 1.82) is 0 Å². The fourth-order valence-corrected chi connectivity index (χ4v) is 2.88. The molecule has 1 aliphatic carbocycles. The van der Waals surface area contributed by atoms with Gasteiger partial charge in [-0.05, 0) is 37.8 Å². The Balaban J connectivity index is 1.32. The van der Waals surface area contributed by atoms with Crippen LogP contribution in [0.2, 0.25) is 0 Å². The maximum Gasteiger partial charge on any atom is 0.230 e. The molecule has 3 heterocycles. The lowest BCUT2D eigenvalue weighted by Gasteiger charge is -2.33. The number of nitrogens with zero attached hydrogens (tertiary/aromatic N) is 5. The Hall–Kier alpha value is -2.02. The Morgan fingerprint density at radius 2 is 2.18 bits per heavy atom. The highest BCUT2D eigenvalue weighted by atomic mass is 16.4. The van der Waals surface area contributed by atoms with E-state index in [2.05, 4.69) is 30.6 Å². The van der Waals surface area contributed by atoms with E-state index >= 15 is 0 Å². The lowest BCUT2D eigenvalue weighted by Crippen LogP contribution is -2.45. The molecule has 2 fully saturated rings. The fourth-order valence-electron chi connectivity index (χ4n) is 2.88. The van der Waals surface area contributed by atoms with Crippen molar-refractivity contribution in [3.8, 4) is 0 Å². The molecule has 0 radical (unpaired) electrons. The van der Waals surface area contributed by atoms with Crippen molar-refractivity contribution >= 4 is 5.82 Å². The second-order valence-corrected chi connectivity index (χ2v) is 6.06. The van der Waals surface area contributed by atoms with Gasteiger partial charge < -0.3 is 14.6 Å². The molecule has 0 spiro atoms. The first-order valence-electron chi connectivity index (χ1n) is 7.97. The molecule has 2 aromatic rings. The van der Waals surface area contributed by atoms with Gasteiger partial charge in [0.2, 0.25) is 11.8 Å². The van der Waals surface area contributed by atoms with Crippen molar-refractivity contribution in [2.24, 2.45) is 0 Å². The van der Waals surface area contributed by atoms with Gasteiger partial charge in [0.05, 0.1) is 6.54 Å². The van der Waals surface area contributed by atoms with E-state index in [-0.39, 0.29) is 0 Å². The Kier molecular flexibility index (Phi) is 3.72. The van der Waals surface area contributed by atoms with Crippen molar-refractivity contribution in [2.45, 2.75) is 44.2 Å². The third kappa shape index (κ3) is 3.09. The average Bonchev–Trinajstić information content (AvgIpc) is 3.33. The molecule has 1 unspecified atom stereocenters. The molecule has 4 rings (SSSR count). The zero-order valence-electron chi connectivity index (χ0n) is 12.5. The van der Waals surface area contributed by atoms with Crippen LogP contribution in [0.25, 0.3) is 0 Å². The molecule has 0 bridgehead atoms. The highest BCUT2D eigenvalue weighted by Crippen LogP contribution is 2.38. The number of hydrogen-bond acceptors (Lipinski definition) is 7. The minimum atomic E-state index is 0.409. The van der Waals surface area contributed by atoms with Gasteiger partial charge in [-0.2, -0.15) is 5.10 Å². The number of hydrogen-bond donors (Lipinski definition) is 1. The minimum Gasteiger partial charge on any atom is -0.424 e. The summed E-state index contributed by atoms with van der Waals surface area (Å²) in [5.74, 6) is 2.96. The van der Waals surface area contributed by atoms with Gasteiger partial charge >= 0.3 is 0 Å². The lowest BCUT2D eigenvalue weighted by molar-refractivity contribution is 0.378. The number of rotatable bonds is 5. The van der Waals surface area contributed by atoms with Gasteiger partial charge in [-0.15, -0.1) is 15.3 Å². The summed E-state index contributed by atoms with van der Waals surface area (Å²) in [4.78, 5) is 2.28. The Morgan fingerprint density at radius 3 is 3.00 bits per heavy atom. The molecule has 2 aromatic heterocycles. The molecule has 1 saturated heterocycles. The largest absolute Gasteiger partial charge is 0.424 e. The third-order valence-electron chi connectivity index (χ3n) is 4.25. The van der Waals surface area contributed by atoms with Crippen molar-refractivity contribution in [1.82, 2.24) is 25.7 Å². The van der Waals surface area contributed by atoms with Crippen LogP contribution in [-0.4, -0.2) is 39.5 Å². The molecule has 0 aromatic carbocycles. The van der Waals surface area contributed by atoms with Gasteiger partial charge in [-0.25, -0.2) is 0 Å². The molecular formula is C15H20N6O. The average molecular weight is 300 g/mol. The van der Waals surface area contributed by atoms with Crippen LogP contribution in [0.4, 0.5) is 5.82 Å². The summed E-state index contributed by atoms with van der Waals surface area (Å²) < 4.78 is 5.69. The normalized spacial score (nSPS) is 22.0. The van der Waals surface area contributed by atoms with Crippen LogP contribution in [0.3, 0.4) is 0 Å². The quantitative estimate of drug-likeness (QED) is 0.896. The second-order valence-electron chi connectivity index (χ2n) is 6.06. The number of piperidine rings is 1. The zero-order chi connectivity index (χ0) is 14.8. The summed E-state index contributed by atoms with van der Waals surface area (Å²) in [7, 11) is 0. The topological polar surface area (TPSA) is 80.0 Å². The molecule has 1 N–H and O–H groups in total. The Bertz CT molecular complexity index is 612. The number of aromatic nitrogens is 4. The minimum absolute atomic E-state index is 0.409. The summed E-state index contributed by atoms with van der Waals surface area (Å²) >= 11 is 0. The summed E-state index contributed by atoms with van der Waals surface area (Å²) in [6.45, 7) is 2.60. The monoisotopic (exact) mass is 300 g/mol. The molecule has 116 valence electrons. The molecule has 7 nitrogen and oxygen atoms in total. The number of anilines is 1. The molecule has 7 heteroatoms. The van der Waals surface area contributed by atoms with E-state index in [0.29, 0.717) is 24.4 Å². The summed E-state index contributed by atoms with van der Waals surface area (Å²) in [5, 5.41) is 19.9. The third-order valence-corrected chi connectivity index (χ3v) is 4.25. The van der Waals surface area contributed by atoms with E-state index in [4.69, 9.17) is 4.42 Å². The Labute approximate surface area is 129 Å². The molecule has 22 heavy (non-hydrogen) atoms. The first kappa shape index (κ1) is 13.6. The van der Waals surface area contributed by atoms with E-state index in [1.807, 2.05) is 12.1 Å². The smallest absolute Gasteiger partial charge is 0.230 e. The van der Waals surface area contributed by atoms with Crippen LogP contribution in [-0.2, 0) is 6.54 Å². The predicted octanol–water partition coefficient (Wildman–Crippen LogP) is 1.50. The number of nitrogens with one attached hydrogen (secondary N) is 1. The van der Waals surface area contributed by atoms with E-state index in [9.17, 15) is 0 Å². The molecular weight excluding hydrogens is 280 g/mol. The van der Waals surface area contributed by atoms with Gasteiger partial charge in [0, 0.05) is 31.2 Å². The SMILES string of the molecule is c1cnnc(N2CCCC(NCc3nnc(C4CC4)o3)C2)c1. The van der Waals surface area contributed by atoms with Gasteiger partial charge in [0.25, 0.3) is 0 Å². The van der Waals surface area contributed by atoms with E-state index in [1.54, 1.807) is 6.20 Å². The fraction of sp³-hybridized carbons (Fsp3) is 0.600. The van der Waals surface area contributed by atoms with Crippen LogP contribution in [0.1, 0.15) is 43.4 Å². The first-order chi connectivity index (χ1) is 10.9. The first-order valence-corrected chi connectivity index (χ1v) is 7.97. The van der Waals surface area contributed by atoms with Crippen LogP contribution in [0.15, 0.2) is 22.7 Å². The lowest BCUT2D eigenvalue weighted by atomic mass is 10.1. The van der Waals surface area contributed by atoms with E-state index in [0.717, 1.165) is 37.6 Å². The van der Waals surface area contributed by atoms with Crippen LogP contribution in [0, 0.1) is 0 Å². The van der Waals surface area contributed by atoms with Gasteiger partial charge in [0.1, 0.15) is 0 Å². The van der Waals surface area contributed by atoms with Crippen molar-refractivity contribution in [2.75, 3.05) is 18.0 Å². The van der Waals surface area contributed by atoms with Crippen LogP contribution in [0.5, 0.6) is 0 Å². The molecule has 0 amide bonds. The van der Waals surface area contributed by atoms with Gasteiger partial charge in [0.15, 0.2) is 5.82 Å². The molecule has 1 aliphatic heterocycles. The second kappa shape index (κ2) is 6.00.